The fourth-order valence-corrected chi connectivity index (χ4v) is 2.34. The topological polar surface area (TPSA) is 66.3 Å². The summed E-state index contributed by atoms with van der Waals surface area (Å²) >= 11 is 1.49. The molecule has 0 unspecified atom stereocenters. The quantitative estimate of drug-likeness (QED) is 0.650. The van der Waals surface area contributed by atoms with Gasteiger partial charge in [-0.25, -0.2) is 9.97 Å². The molecular weight excluding hydrogens is 238 g/mol. The largest absolute Gasteiger partial charge is 0.481 e. The predicted molar refractivity (Wildman–Crippen MR) is 66.4 cm³/mol. The minimum atomic E-state index is -0.714. The van der Waals surface area contributed by atoms with Crippen LogP contribution in [0.4, 0.5) is 5.82 Å². The van der Waals surface area contributed by atoms with E-state index in [1.807, 2.05) is 17.2 Å². The van der Waals surface area contributed by atoms with Crippen molar-refractivity contribution >= 4 is 23.5 Å². The SMILES string of the molecule is CSc1nccc(N2CCC[C@@H](C(=O)O)C2)n1. The molecule has 1 aromatic heterocycles. The fourth-order valence-electron chi connectivity index (χ4n) is 1.99. The van der Waals surface area contributed by atoms with Gasteiger partial charge in [0.05, 0.1) is 5.92 Å². The second-order valence-electron chi connectivity index (χ2n) is 4.02. The van der Waals surface area contributed by atoms with E-state index in [1.165, 1.54) is 11.8 Å². The van der Waals surface area contributed by atoms with E-state index in [1.54, 1.807) is 6.20 Å². The van der Waals surface area contributed by atoms with Gasteiger partial charge in [0.2, 0.25) is 0 Å². The number of carbonyl (C=O) groups is 1. The molecule has 5 nitrogen and oxygen atoms in total. The van der Waals surface area contributed by atoms with Crippen molar-refractivity contribution in [3.8, 4) is 0 Å². The van der Waals surface area contributed by atoms with Crippen LogP contribution in [0.15, 0.2) is 17.4 Å². The van der Waals surface area contributed by atoms with Crippen LogP contribution in [0.1, 0.15) is 12.8 Å². The number of nitrogens with zero attached hydrogens (tertiary/aromatic N) is 3. The first kappa shape index (κ1) is 12.2. The summed E-state index contributed by atoms with van der Waals surface area (Å²) in [4.78, 5) is 21.5. The van der Waals surface area contributed by atoms with Crippen molar-refractivity contribution in [1.29, 1.82) is 0 Å². The molecule has 0 saturated carbocycles. The summed E-state index contributed by atoms with van der Waals surface area (Å²) in [5.41, 5.74) is 0. The molecule has 0 aromatic carbocycles. The molecule has 1 aliphatic heterocycles. The van der Waals surface area contributed by atoms with Crippen LogP contribution in [0, 0.1) is 5.92 Å². The Kier molecular flexibility index (Phi) is 3.83. The first-order chi connectivity index (χ1) is 8.20. The van der Waals surface area contributed by atoms with Crippen LogP contribution < -0.4 is 4.90 Å². The highest BCUT2D eigenvalue weighted by atomic mass is 32.2. The number of aromatic nitrogens is 2. The normalized spacial score (nSPS) is 20.3. The second kappa shape index (κ2) is 5.35. The number of hydrogen-bond donors (Lipinski definition) is 1. The van der Waals surface area contributed by atoms with Gasteiger partial charge < -0.3 is 10.0 Å². The van der Waals surface area contributed by atoms with E-state index >= 15 is 0 Å². The first-order valence-electron chi connectivity index (χ1n) is 5.55. The number of carboxylic acid groups (broad SMARTS) is 1. The number of anilines is 1. The van der Waals surface area contributed by atoms with Crippen LogP contribution >= 0.6 is 11.8 Å². The molecule has 1 aromatic rings. The third kappa shape index (κ3) is 2.88. The van der Waals surface area contributed by atoms with Crippen LogP contribution in [0.2, 0.25) is 0 Å². The number of thioether (sulfide) groups is 1. The zero-order valence-corrected chi connectivity index (χ0v) is 10.5. The highest BCUT2D eigenvalue weighted by Crippen LogP contribution is 2.22. The maximum atomic E-state index is 11.0. The zero-order valence-electron chi connectivity index (χ0n) is 9.67. The molecule has 1 aliphatic rings. The Morgan fingerprint density at radius 3 is 3.18 bits per heavy atom. The molecule has 2 rings (SSSR count). The maximum Gasteiger partial charge on any atom is 0.308 e. The monoisotopic (exact) mass is 253 g/mol. The van der Waals surface area contributed by atoms with E-state index in [0.717, 1.165) is 30.4 Å². The zero-order chi connectivity index (χ0) is 12.3. The van der Waals surface area contributed by atoms with Crippen molar-refractivity contribution < 1.29 is 9.90 Å². The van der Waals surface area contributed by atoms with Gasteiger partial charge in [0, 0.05) is 19.3 Å². The lowest BCUT2D eigenvalue weighted by atomic mass is 9.98. The van der Waals surface area contributed by atoms with E-state index < -0.39 is 5.97 Å². The Morgan fingerprint density at radius 2 is 2.47 bits per heavy atom. The average Bonchev–Trinajstić information content (AvgIpc) is 2.39. The van der Waals surface area contributed by atoms with E-state index in [9.17, 15) is 4.79 Å². The van der Waals surface area contributed by atoms with Crippen LogP contribution in [-0.2, 0) is 4.79 Å². The summed E-state index contributed by atoms with van der Waals surface area (Å²) in [6.07, 6.45) is 5.30. The van der Waals surface area contributed by atoms with Crippen molar-refractivity contribution in [3.63, 3.8) is 0 Å². The van der Waals surface area contributed by atoms with Crippen molar-refractivity contribution in [2.75, 3.05) is 24.2 Å². The minimum absolute atomic E-state index is 0.281. The van der Waals surface area contributed by atoms with Gasteiger partial charge in [0.1, 0.15) is 5.82 Å². The second-order valence-corrected chi connectivity index (χ2v) is 4.80. The third-order valence-corrected chi connectivity index (χ3v) is 3.46. The van der Waals surface area contributed by atoms with Gasteiger partial charge in [-0.05, 0) is 25.2 Å². The highest BCUT2D eigenvalue weighted by Gasteiger charge is 2.26. The van der Waals surface area contributed by atoms with Crippen molar-refractivity contribution in [2.24, 2.45) is 5.92 Å². The Bertz CT molecular complexity index is 413. The highest BCUT2D eigenvalue weighted by molar-refractivity contribution is 7.98. The summed E-state index contributed by atoms with van der Waals surface area (Å²) in [7, 11) is 0. The number of carboxylic acids is 1. The van der Waals surface area contributed by atoms with E-state index in [0.29, 0.717) is 6.54 Å². The molecule has 0 bridgehead atoms. The van der Waals surface area contributed by atoms with Gasteiger partial charge in [-0.1, -0.05) is 11.8 Å². The Hall–Kier alpha value is -1.30. The molecule has 92 valence electrons. The van der Waals surface area contributed by atoms with Gasteiger partial charge in [0.15, 0.2) is 5.16 Å². The van der Waals surface area contributed by atoms with Gasteiger partial charge in [-0.2, -0.15) is 0 Å². The lowest BCUT2D eigenvalue weighted by Crippen LogP contribution is -2.39. The van der Waals surface area contributed by atoms with E-state index in [2.05, 4.69) is 9.97 Å². The Balaban J connectivity index is 2.13. The first-order valence-corrected chi connectivity index (χ1v) is 6.78. The molecule has 0 aliphatic carbocycles. The average molecular weight is 253 g/mol. The van der Waals surface area contributed by atoms with Gasteiger partial charge in [-0.15, -0.1) is 0 Å². The number of piperidine rings is 1. The van der Waals surface area contributed by atoms with Crippen LogP contribution in [0.3, 0.4) is 0 Å². The summed E-state index contributed by atoms with van der Waals surface area (Å²) < 4.78 is 0. The molecule has 1 saturated heterocycles. The number of hydrogen-bond acceptors (Lipinski definition) is 5. The van der Waals surface area contributed by atoms with Crippen molar-refractivity contribution in [2.45, 2.75) is 18.0 Å². The van der Waals surface area contributed by atoms with Gasteiger partial charge in [0.25, 0.3) is 0 Å². The molecule has 1 N–H and O–H groups in total. The molecule has 0 spiro atoms. The molecule has 6 heteroatoms. The molecule has 0 radical (unpaired) electrons. The lowest BCUT2D eigenvalue weighted by molar-refractivity contribution is -0.141. The summed E-state index contributed by atoms with van der Waals surface area (Å²) in [6.45, 7) is 1.41. The summed E-state index contributed by atoms with van der Waals surface area (Å²) in [5, 5.41) is 9.76. The molecule has 17 heavy (non-hydrogen) atoms. The standard InChI is InChI=1S/C11H15N3O2S/c1-17-11-12-5-4-9(13-11)14-6-2-3-8(7-14)10(15)16/h4-5,8H,2-3,6-7H2,1H3,(H,15,16)/t8-/m1/s1. The molecule has 2 heterocycles. The van der Waals surface area contributed by atoms with Crippen LogP contribution in [-0.4, -0.2) is 40.4 Å². The van der Waals surface area contributed by atoms with Gasteiger partial charge in [-0.3, -0.25) is 4.79 Å². The number of aliphatic carboxylic acids is 1. The third-order valence-electron chi connectivity index (χ3n) is 2.90. The lowest BCUT2D eigenvalue weighted by Gasteiger charge is -2.31. The smallest absolute Gasteiger partial charge is 0.308 e. The van der Waals surface area contributed by atoms with Crippen molar-refractivity contribution in [1.82, 2.24) is 9.97 Å². The molecule has 1 fully saturated rings. The van der Waals surface area contributed by atoms with Crippen molar-refractivity contribution in [3.05, 3.63) is 12.3 Å². The minimum Gasteiger partial charge on any atom is -0.481 e. The Morgan fingerprint density at radius 1 is 1.65 bits per heavy atom. The van der Waals surface area contributed by atoms with Crippen LogP contribution in [0.5, 0.6) is 0 Å². The predicted octanol–water partition coefficient (Wildman–Crippen LogP) is 1.50. The molecule has 1 atom stereocenters. The van der Waals surface area contributed by atoms with E-state index in [-0.39, 0.29) is 5.92 Å². The molecule has 0 amide bonds. The molecular formula is C11H15N3O2S. The van der Waals surface area contributed by atoms with Crippen LogP contribution in [0.25, 0.3) is 0 Å². The Labute approximate surface area is 104 Å². The summed E-state index contributed by atoms with van der Waals surface area (Å²) in [6, 6.07) is 1.84. The number of rotatable bonds is 3. The fraction of sp³-hybridized carbons (Fsp3) is 0.545. The summed E-state index contributed by atoms with van der Waals surface area (Å²) in [5.74, 6) is -0.166. The maximum absolute atomic E-state index is 11.0. The van der Waals surface area contributed by atoms with E-state index in [4.69, 9.17) is 5.11 Å². The van der Waals surface area contributed by atoms with Gasteiger partial charge >= 0.3 is 5.97 Å².